The molecule has 2 fully saturated rings. The molecule has 5 heterocycles. The molecular weight excluding hydrogens is 328 g/mol. The molecule has 2 aliphatic heterocycles. The molecule has 0 N–H and O–H groups in total. The number of hydrogen-bond donors (Lipinski definition) is 0. The summed E-state index contributed by atoms with van der Waals surface area (Å²) in [6, 6.07) is 5.77. The fraction of sp³-hybridized carbons (Fsp3) is 0.389. The van der Waals surface area contributed by atoms with E-state index in [-0.39, 0.29) is 0 Å². The lowest BCUT2D eigenvalue weighted by atomic mass is 10.0. The van der Waals surface area contributed by atoms with E-state index in [1.54, 1.807) is 17.2 Å². The van der Waals surface area contributed by atoms with Crippen LogP contribution in [0, 0.1) is 11.8 Å². The maximum absolute atomic E-state index is 4.49. The summed E-state index contributed by atoms with van der Waals surface area (Å²) in [5.41, 5.74) is 0. The van der Waals surface area contributed by atoms with E-state index in [0.29, 0.717) is 11.8 Å². The quantitative estimate of drug-likeness (QED) is 0.697. The summed E-state index contributed by atoms with van der Waals surface area (Å²) in [7, 11) is 0. The number of hydrogen-bond acceptors (Lipinski definition) is 7. The highest BCUT2D eigenvalue weighted by Gasteiger charge is 2.40. The van der Waals surface area contributed by atoms with Gasteiger partial charge in [-0.2, -0.15) is 5.10 Å². The Balaban J connectivity index is 1.25. The van der Waals surface area contributed by atoms with Crippen molar-refractivity contribution in [1.29, 1.82) is 0 Å². The van der Waals surface area contributed by atoms with E-state index in [1.165, 1.54) is 0 Å². The van der Waals surface area contributed by atoms with Gasteiger partial charge in [0.05, 0.1) is 6.54 Å². The molecule has 2 atom stereocenters. The van der Waals surface area contributed by atoms with E-state index < -0.39 is 0 Å². The number of aromatic nitrogens is 6. The van der Waals surface area contributed by atoms with Gasteiger partial charge in [-0.15, -0.1) is 0 Å². The van der Waals surface area contributed by atoms with Crippen molar-refractivity contribution in [1.82, 2.24) is 34.6 Å². The number of anilines is 1. The van der Waals surface area contributed by atoms with Gasteiger partial charge < -0.3 is 4.90 Å². The lowest BCUT2D eigenvalue weighted by Gasteiger charge is -2.22. The highest BCUT2D eigenvalue weighted by atomic mass is 15.3. The standard InChI is InChI=1S/C18H20N8/c1-3-19-16(20-4-1)12-24-8-14-10-25(11-15(14)9-24)17-7-18(22-13-21-17)26-6-2-5-23-26/h1-7,13-15H,8-12H2. The summed E-state index contributed by atoms with van der Waals surface area (Å²) in [6.45, 7) is 5.09. The Morgan fingerprint density at radius 1 is 0.846 bits per heavy atom. The second-order valence-electron chi connectivity index (χ2n) is 6.97. The first-order chi connectivity index (χ1) is 12.8. The second-order valence-corrected chi connectivity index (χ2v) is 6.97. The summed E-state index contributed by atoms with van der Waals surface area (Å²) in [5.74, 6) is 4.03. The van der Waals surface area contributed by atoms with Crippen LogP contribution in [0.2, 0.25) is 0 Å². The van der Waals surface area contributed by atoms with Crippen LogP contribution in [0.1, 0.15) is 5.82 Å². The number of nitrogens with zero attached hydrogens (tertiary/aromatic N) is 8. The number of fused-ring (bicyclic) bond motifs is 1. The van der Waals surface area contributed by atoms with Crippen LogP contribution in [0.4, 0.5) is 5.82 Å². The third kappa shape index (κ3) is 2.92. The van der Waals surface area contributed by atoms with Crippen LogP contribution in [0.3, 0.4) is 0 Å². The van der Waals surface area contributed by atoms with Crippen molar-refractivity contribution in [3.05, 3.63) is 55.1 Å². The van der Waals surface area contributed by atoms with E-state index in [2.05, 4.69) is 34.8 Å². The van der Waals surface area contributed by atoms with Crippen molar-refractivity contribution in [2.75, 3.05) is 31.1 Å². The van der Waals surface area contributed by atoms with E-state index >= 15 is 0 Å². The van der Waals surface area contributed by atoms with Crippen molar-refractivity contribution >= 4 is 5.82 Å². The lowest BCUT2D eigenvalue weighted by molar-refractivity contribution is 0.301. The zero-order chi connectivity index (χ0) is 17.3. The van der Waals surface area contributed by atoms with Gasteiger partial charge in [0.1, 0.15) is 18.0 Å². The van der Waals surface area contributed by atoms with Gasteiger partial charge in [-0.3, -0.25) is 4.90 Å². The topological polar surface area (TPSA) is 75.9 Å². The van der Waals surface area contributed by atoms with Crippen LogP contribution < -0.4 is 4.90 Å². The number of likely N-dealkylation sites (tertiary alicyclic amines) is 1. The van der Waals surface area contributed by atoms with Gasteiger partial charge in [-0.05, 0) is 24.0 Å². The van der Waals surface area contributed by atoms with Crippen LogP contribution in [0.25, 0.3) is 5.82 Å². The molecule has 5 rings (SSSR count). The van der Waals surface area contributed by atoms with E-state index in [0.717, 1.165) is 50.2 Å². The van der Waals surface area contributed by atoms with Crippen LogP contribution in [0.15, 0.2) is 49.3 Å². The summed E-state index contributed by atoms with van der Waals surface area (Å²) in [4.78, 5) is 22.3. The minimum Gasteiger partial charge on any atom is -0.356 e. The molecule has 2 unspecified atom stereocenters. The molecular formula is C18H20N8. The molecule has 8 nitrogen and oxygen atoms in total. The Labute approximate surface area is 151 Å². The van der Waals surface area contributed by atoms with Gasteiger partial charge in [0, 0.05) is 57.0 Å². The van der Waals surface area contributed by atoms with Gasteiger partial charge in [0.25, 0.3) is 0 Å². The van der Waals surface area contributed by atoms with Crippen LogP contribution in [0.5, 0.6) is 0 Å². The third-order valence-corrected chi connectivity index (χ3v) is 5.25. The van der Waals surface area contributed by atoms with Crippen molar-refractivity contribution in [3.8, 4) is 5.82 Å². The normalized spacial score (nSPS) is 22.7. The average Bonchev–Trinajstić information content (AvgIpc) is 3.39. The van der Waals surface area contributed by atoms with Gasteiger partial charge in [-0.25, -0.2) is 24.6 Å². The Morgan fingerprint density at radius 3 is 2.35 bits per heavy atom. The fourth-order valence-electron chi connectivity index (χ4n) is 4.06. The fourth-order valence-corrected chi connectivity index (χ4v) is 4.06. The largest absolute Gasteiger partial charge is 0.356 e. The highest BCUT2D eigenvalue weighted by molar-refractivity contribution is 5.44. The van der Waals surface area contributed by atoms with E-state index in [4.69, 9.17) is 0 Å². The first kappa shape index (κ1) is 15.4. The molecule has 2 aliphatic rings. The smallest absolute Gasteiger partial charge is 0.158 e. The second kappa shape index (κ2) is 6.45. The zero-order valence-corrected chi connectivity index (χ0v) is 14.4. The third-order valence-electron chi connectivity index (χ3n) is 5.25. The zero-order valence-electron chi connectivity index (χ0n) is 14.4. The van der Waals surface area contributed by atoms with Crippen LogP contribution in [-0.2, 0) is 6.54 Å². The Bertz CT molecular complexity index is 852. The molecule has 0 bridgehead atoms. The molecule has 0 amide bonds. The Morgan fingerprint density at radius 2 is 1.62 bits per heavy atom. The molecule has 0 aromatic carbocycles. The van der Waals surface area contributed by atoms with Crippen molar-refractivity contribution in [3.63, 3.8) is 0 Å². The van der Waals surface area contributed by atoms with Crippen molar-refractivity contribution < 1.29 is 0 Å². The van der Waals surface area contributed by atoms with Gasteiger partial charge in [0.15, 0.2) is 5.82 Å². The average molecular weight is 348 g/mol. The van der Waals surface area contributed by atoms with Gasteiger partial charge >= 0.3 is 0 Å². The Kier molecular flexibility index (Phi) is 3.82. The minimum atomic E-state index is 0.668. The van der Waals surface area contributed by atoms with Gasteiger partial charge in [-0.1, -0.05) is 0 Å². The Hall–Kier alpha value is -2.87. The minimum absolute atomic E-state index is 0.668. The summed E-state index contributed by atoms with van der Waals surface area (Å²) in [5, 5.41) is 4.25. The van der Waals surface area contributed by atoms with Gasteiger partial charge in [0.2, 0.25) is 0 Å². The molecule has 26 heavy (non-hydrogen) atoms. The number of rotatable bonds is 4. The monoisotopic (exact) mass is 348 g/mol. The molecule has 0 spiro atoms. The summed E-state index contributed by atoms with van der Waals surface area (Å²) >= 11 is 0. The van der Waals surface area contributed by atoms with Crippen LogP contribution >= 0.6 is 0 Å². The lowest BCUT2D eigenvalue weighted by Crippen LogP contribution is -2.29. The SMILES string of the molecule is c1cnc(CN2CC3CN(c4cc(-n5cccn5)ncn4)CC3C2)nc1. The molecule has 8 heteroatoms. The predicted molar refractivity (Wildman–Crippen MR) is 95.7 cm³/mol. The molecule has 0 radical (unpaired) electrons. The maximum Gasteiger partial charge on any atom is 0.158 e. The molecule has 2 saturated heterocycles. The highest BCUT2D eigenvalue weighted by Crippen LogP contribution is 2.33. The summed E-state index contributed by atoms with van der Waals surface area (Å²) in [6.07, 6.45) is 8.90. The van der Waals surface area contributed by atoms with E-state index in [1.807, 2.05) is 36.8 Å². The van der Waals surface area contributed by atoms with Crippen molar-refractivity contribution in [2.24, 2.45) is 11.8 Å². The predicted octanol–water partition coefficient (Wildman–Crippen LogP) is 1.02. The first-order valence-electron chi connectivity index (χ1n) is 8.90. The molecule has 0 saturated carbocycles. The van der Waals surface area contributed by atoms with E-state index in [9.17, 15) is 0 Å². The molecule has 0 aliphatic carbocycles. The molecule has 3 aromatic heterocycles. The van der Waals surface area contributed by atoms with Crippen LogP contribution in [-0.4, -0.2) is 60.8 Å². The summed E-state index contributed by atoms with van der Waals surface area (Å²) < 4.78 is 1.77. The first-order valence-corrected chi connectivity index (χ1v) is 8.90. The maximum atomic E-state index is 4.49. The molecule has 3 aromatic rings. The molecule has 132 valence electrons. The van der Waals surface area contributed by atoms with Crippen molar-refractivity contribution in [2.45, 2.75) is 6.54 Å².